The highest BCUT2D eigenvalue weighted by molar-refractivity contribution is 5.86. The van der Waals surface area contributed by atoms with Crippen molar-refractivity contribution < 1.29 is 14.7 Å². The smallest absolute Gasteiger partial charge is 0.314 e. The number of carboxylic acids is 1. The fourth-order valence-electron chi connectivity index (χ4n) is 0.748. The van der Waals surface area contributed by atoms with Crippen molar-refractivity contribution in [3.63, 3.8) is 0 Å². The number of carbonyl (C=O) groups is 2. The minimum atomic E-state index is -1.12. The van der Waals surface area contributed by atoms with Gasteiger partial charge in [0.15, 0.2) is 0 Å². The third-order valence-electron chi connectivity index (χ3n) is 1.43. The van der Waals surface area contributed by atoms with Gasteiger partial charge < -0.3 is 9.90 Å². The quantitative estimate of drug-likeness (QED) is 0.383. The predicted octanol–water partition coefficient (Wildman–Crippen LogP) is 1.57. The Labute approximate surface area is 77.1 Å². The lowest BCUT2D eigenvalue weighted by Crippen LogP contribution is -2.15. The van der Waals surface area contributed by atoms with Crippen molar-refractivity contribution in [3.8, 4) is 0 Å². The second kappa shape index (κ2) is 5.94. The number of rotatable bonds is 6. The Balaban J connectivity index is 4.16. The van der Waals surface area contributed by atoms with Crippen molar-refractivity contribution in [3.05, 3.63) is 37.0 Å². The Morgan fingerprint density at radius 2 is 2.15 bits per heavy atom. The van der Waals surface area contributed by atoms with Crippen molar-refractivity contribution in [1.82, 2.24) is 0 Å². The lowest BCUT2D eigenvalue weighted by molar-refractivity contribution is -0.143. The summed E-state index contributed by atoms with van der Waals surface area (Å²) in [5.74, 6) is -2.12. The van der Waals surface area contributed by atoms with Gasteiger partial charge in [0.2, 0.25) is 0 Å². The molecular formula is C10H12O3. The second-order valence-electron chi connectivity index (χ2n) is 2.54. The van der Waals surface area contributed by atoms with Crippen LogP contribution in [0.1, 0.15) is 6.42 Å². The molecule has 0 heterocycles. The minimum Gasteiger partial charge on any atom is -0.481 e. The number of allylic oxidation sites excluding steroid dienone is 4. The molecule has 0 aliphatic heterocycles. The van der Waals surface area contributed by atoms with E-state index in [1.165, 1.54) is 0 Å². The zero-order chi connectivity index (χ0) is 10.3. The molecule has 0 saturated heterocycles. The number of hydrogen-bond acceptors (Lipinski definition) is 2. The summed E-state index contributed by atoms with van der Waals surface area (Å²) in [6, 6.07) is 0. The Hall–Kier alpha value is -1.64. The van der Waals surface area contributed by atoms with Crippen molar-refractivity contribution >= 4 is 12.3 Å². The van der Waals surface area contributed by atoms with Crippen molar-refractivity contribution in [1.29, 1.82) is 0 Å². The van der Waals surface area contributed by atoms with Crippen molar-refractivity contribution in [2.24, 2.45) is 5.92 Å². The van der Waals surface area contributed by atoms with Gasteiger partial charge in [-0.25, -0.2) is 0 Å². The lowest BCUT2D eigenvalue weighted by Gasteiger charge is -2.03. The van der Waals surface area contributed by atoms with Crippen LogP contribution in [0.3, 0.4) is 0 Å². The van der Waals surface area contributed by atoms with E-state index >= 15 is 0 Å². The highest BCUT2D eigenvalue weighted by atomic mass is 16.4. The van der Waals surface area contributed by atoms with E-state index in [4.69, 9.17) is 5.11 Å². The van der Waals surface area contributed by atoms with Crippen LogP contribution in [0.2, 0.25) is 0 Å². The summed E-state index contributed by atoms with van der Waals surface area (Å²) >= 11 is 0. The van der Waals surface area contributed by atoms with Crippen LogP contribution in [0.4, 0.5) is 0 Å². The predicted molar refractivity (Wildman–Crippen MR) is 50.3 cm³/mol. The van der Waals surface area contributed by atoms with Crippen LogP contribution in [-0.4, -0.2) is 17.4 Å². The number of aldehydes is 1. The first-order chi connectivity index (χ1) is 6.11. The Kier molecular flexibility index (Phi) is 5.19. The molecule has 3 heteroatoms. The maximum atomic E-state index is 10.4. The fraction of sp³-hybridized carbons (Fsp3) is 0.200. The Morgan fingerprint density at radius 3 is 2.54 bits per heavy atom. The summed E-state index contributed by atoms with van der Waals surface area (Å²) in [5, 5.41) is 8.53. The fourth-order valence-corrected chi connectivity index (χ4v) is 0.748. The van der Waals surface area contributed by atoms with E-state index in [0.29, 0.717) is 11.9 Å². The topological polar surface area (TPSA) is 54.4 Å². The van der Waals surface area contributed by atoms with E-state index in [9.17, 15) is 9.59 Å². The molecule has 1 atom stereocenters. The molecule has 0 spiro atoms. The van der Waals surface area contributed by atoms with E-state index in [1.54, 1.807) is 18.2 Å². The third-order valence-corrected chi connectivity index (χ3v) is 1.43. The van der Waals surface area contributed by atoms with E-state index < -0.39 is 11.9 Å². The van der Waals surface area contributed by atoms with Gasteiger partial charge in [-0.2, -0.15) is 0 Å². The summed E-state index contributed by atoms with van der Waals surface area (Å²) in [7, 11) is 0. The van der Waals surface area contributed by atoms with Crippen LogP contribution >= 0.6 is 0 Å². The summed E-state index contributed by atoms with van der Waals surface area (Å²) in [4.78, 5) is 20.7. The van der Waals surface area contributed by atoms with Crippen LogP contribution in [0.15, 0.2) is 37.0 Å². The average molecular weight is 180 g/mol. The van der Waals surface area contributed by atoms with Crippen LogP contribution in [0.25, 0.3) is 0 Å². The SMILES string of the molecule is C=C/C=C\C(=C)CC(C=O)C(=O)O. The normalized spacial score (nSPS) is 12.3. The third kappa shape index (κ3) is 4.74. The van der Waals surface area contributed by atoms with E-state index in [0.717, 1.165) is 0 Å². The van der Waals surface area contributed by atoms with E-state index in [-0.39, 0.29) is 6.42 Å². The summed E-state index contributed by atoms with van der Waals surface area (Å²) in [5.41, 5.74) is 0.597. The van der Waals surface area contributed by atoms with Gasteiger partial charge in [-0.1, -0.05) is 37.0 Å². The summed E-state index contributed by atoms with van der Waals surface area (Å²) in [6.07, 6.45) is 5.39. The lowest BCUT2D eigenvalue weighted by atomic mass is 10.0. The molecule has 13 heavy (non-hydrogen) atoms. The second-order valence-corrected chi connectivity index (χ2v) is 2.54. The number of carboxylic acid groups (broad SMARTS) is 1. The summed E-state index contributed by atoms with van der Waals surface area (Å²) in [6.45, 7) is 7.06. The largest absolute Gasteiger partial charge is 0.481 e. The highest BCUT2D eigenvalue weighted by Crippen LogP contribution is 2.09. The molecule has 1 unspecified atom stereocenters. The molecule has 0 aromatic carbocycles. The molecule has 0 saturated carbocycles. The van der Waals surface area contributed by atoms with Crippen LogP contribution in [0.5, 0.6) is 0 Å². The molecule has 70 valence electrons. The van der Waals surface area contributed by atoms with Gasteiger partial charge in [-0.15, -0.1) is 0 Å². The van der Waals surface area contributed by atoms with Crippen LogP contribution in [-0.2, 0) is 9.59 Å². The molecule has 0 aliphatic rings. The maximum absolute atomic E-state index is 10.4. The van der Waals surface area contributed by atoms with Crippen LogP contribution < -0.4 is 0 Å². The highest BCUT2D eigenvalue weighted by Gasteiger charge is 2.15. The molecule has 1 N–H and O–H groups in total. The first-order valence-corrected chi connectivity index (χ1v) is 3.76. The summed E-state index contributed by atoms with van der Waals surface area (Å²) < 4.78 is 0. The standard InChI is InChI=1S/C10H12O3/c1-3-4-5-8(2)6-9(7-11)10(12)13/h3-5,7,9H,1-2,6H2,(H,12,13)/b5-4-. The Bertz CT molecular complexity index is 251. The molecular weight excluding hydrogens is 168 g/mol. The molecule has 0 fully saturated rings. The first-order valence-electron chi connectivity index (χ1n) is 3.76. The van der Waals surface area contributed by atoms with Crippen molar-refractivity contribution in [2.75, 3.05) is 0 Å². The molecule has 0 bridgehead atoms. The van der Waals surface area contributed by atoms with Crippen LogP contribution in [0, 0.1) is 5.92 Å². The zero-order valence-corrected chi connectivity index (χ0v) is 7.27. The van der Waals surface area contributed by atoms with Gasteiger partial charge in [0, 0.05) is 0 Å². The molecule has 3 nitrogen and oxygen atoms in total. The van der Waals surface area contributed by atoms with Gasteiger partial charge in [0.05, 0.1) is 0 Å². The molecule has 0 aromatic rings. The van der Waals surface area contributed by atoms with Gasteiger partial charge in [-0.3, -0.25) is 4.79 Å². The van der Waals surface area contributed by atoms with Gasteiger partial charge in [-0.05, 0) is 6.42 Å². The Morgan fingerprint density at radius 1 is 1.54 bits per heavy atom. The maximum Gasteiger partial charge on any atom is 0.314 e. The number of hydrogen-bond donors (Lipinski definition) is 1. The minimum absolute atomic E-state index is 0.142. The number of aliphatic carboxylic acids is 1. The molecule has 0 rings (SSSR count). The molecule has 0 amide bonds. The van der Waals surface area contributed by atoms with E-state index in [1.807, 2.05) is 0 Å². The van der Waals surface area contributed by atoms with Crippen molar-refractivity contribution in [2.45, 2.75) is 6.42 Å². The average Bonchev–Trinajstić information content (AvgIpc) is 2.10. The molecule has 0 radical (unpaired) electrons. The first kappa shape index (κ1) is 11.4. The van der Waals surface area contributed by atoms with Gasteiger partial charge in [0.1, 0.15) is 12.2 Å². The van der Waals surface area contributed by atoms with Gasteiger partial charge >= 0.3 is 5.97 Å². The monoisotopic (exact) mass is 180 g/mol. The number of carbonyl (C=O) groups excluding carboxylic acids is 1. The zero-order valence-electron chi connectivity index (χ0n) is 7.27. The molecule has 0 aliphatic carbocycles. The molecule has 0 aromatic heterocycles. The van der Waals surface area contributed by atoms with Gasteiger partial charge in [0.25, 0.3) is 0 Å². The van der Waals surface area contributed by atoms with E-state index in [2.05, 4.69) is 13.2 Å².